The van der Waals surface area contributed by atoms with E-state index in [1.807, 2.05) is 6.20 Å². The third-order valence-corrected chi connectivity index (χ3v) is 5.40. The molecule has 158 valence electrons. The van der Waals surface area contributed by atoms with Crippen LogP contribution < -0.4 is 10.6 Å². The van der Waals surface area contributed by atoms with Gasteiger partial charge in [0.25, 0.3) is 11.8 Å². The van der Waals surface area contributed by atoms with Gasteiger partial charge in [-0.05, 0) is 31.4 Å². The van der Waals surface area contributed by atoms with Crippen molar-refractivity contribution >= 4 is 29.3 Å². The molecule has 0 spiro atoms. The maximum atomic E-state index is 13.0. The zero-order chi connectivity index (χ0) is 22.0. The Kier molecular flexibility index (Phi) is 5.54. The number of nitrogens with one attached hydrogen (secondary N) is 2. The second-order valence-electron chi connectivity index (χ2n) is 7.45. The number of imide groups is 2. The number of carbonyl (C=O) groups excluding carboxylic acids is 4. The fourth-order valence-corrected chi connectivity index (χ4v) is 3.84. The van der Waals surface area contributed by atoms with E-state index in [4.69, 9.17) is 6.42 Å². The lowest BCUT2D eigenvalue weighted by atomic mass is 10.0. The normalized spacial score (nSPS) is 18.0. The number of benzene rings is 1. The SMILES string of the molecule is C#Cc1cnn(CCCCNc2cccc3c2C(=O)N(C2CCC(=O)NC2=O)C3=O)c1. The molecule has 31 heavy (non-hydrogen) atoms. The van der Waals surface area contributed by atoms with Gasteiger partial charge in [-0.25, -0.2) is 0 Å². The predicted molar refractivity (Wildman–Crippen MR) is 111 cm³/mol. The van der Waals surface area contributed by atoms with Gasteiger partial charge >= 0.3 is 0 Å². The third kappa shape index (κ3) is 3.92. The van der Waals surface area contributed by atoms with Crippen LogP contribution in [0, 0.1) is 12.3 Å². The van der Waals surface area contributed by atoms with Gasteiger partial charge in [0.15, 0.2) is 0 Å². The second kappa shape index (κ2) is 8.44. The lowest BCUT2D eigenvalue weighted by Gasteiger charge is -2.27. The number of fused-ring (bicyclic) bond motifs is 1. The molecule has 4 rings (SSSR count). The number of nitrogens with zero attached hydrogens (tertiary/aromatic N) is 3. The molecule has 1 saturated heterocycles. The van der Waals surface area contributed by atoms with Crippen LogP contribution >= 0.6 is 0 Å². The first-order chi connectivity index (χ1) is 15.0. The van der Waals surface area contributed by atoms with E-state index in [1.165, 1.54) is 0 Å². The lowest BCUT2D eigenvalue weighted by Crippen LogP contribution is -2.54. The van der Waals surface area contributed by atoms with Crippen molar-refractivity contribution in [2.24, 2.45) is 0 Å². The molecule has 2 aliphatic heterocycles. The molecule has 0 aliphatic carbocycles. The number of terminal acetylenes is 1. The van der Waals surface area contributed by atoms with E-state index in [-0.39, 0.29) is 24.0 Å². The van der Waals surface area contributed by atoms with Crippen LogP contribution in [0.15, 0.2) is 30.6 Å². The number of carbonyl (C=O) groups is 4. The minimum Gasteiger partial charge on any atom is -0.384 e. The summed E-state index contributed by atoms with van der Waals surface area (Å²) in [5, 5.41) is 9.61. The first-order valence-corrected chi connectivity index (χ1v) is 10.1. The molecule has 0 saturated carbocycles. The average molecular weight is 419 g/mol. The van der Waals surface area contributed by atoms with Crippen LogP contribution in [0.25, 0.3) is 0 Å². The van der Waals surface area contributed by atoms with Crippen molar-refractivity contribution in [2.45, 2.75) is 38.3 Å². The van der Waals surface area contributed by atoms with Crippen LogP contribution in [-0.4, -0.2) is 50.9 Å². The minimum absolute atomic E-state index is 0.0913. The Hall–Kier alpha value is -3.93. The highest BCUT2D eigenvalue weighted by atomic mass is 16.2. The van der Waals surface area contributed by atoms with Gasteiger partial charge in [0.05, 0.1) is 22.9 Å². The van der Waals surface area contributed by atoms with Crippen LogP contribution in [0.5, 0.6) is 0 Å². The summed E-state index contributed by atoms with van der Waals surface area (Å²) in [5.41, 5.74) is 1.82. The molecule has 0 bridgehead atoms. The highest BCUT2D eigenvalue weighted by molar-refractivity contribution is 6.25. The zero-order valence-corrected chi connectivity index (χ0v) is 16.8. The molecule has 2 aliphatic rings. The molecule has 9 heteroatoms. The maximum Gasteiger partial charge on any atom is 0.264 e. The summed E-state index contributed by atoms with van der Waals surface area (Å²) >= 11 is 0. The van der Waals surface area contributed by atoms with Crippen molar-refractivity contribution in [2.75, 3.05) is 11.9 Å². The molecule has 1 fully saturated rings. The van der Waals surface area contributed by atoms with Gasteiger partial charge in [0, 0.05) is 31.4 Å². The van der Waals surface area contributed by atoms with Gasteiger partial charge < -0.3 is 5.32 Å². The van der Waals surface area contributed by atoms with Crippen molar-refractivity contribution in [1.82, 2.24) is 20.0 Å². The van der Waals surface area contributed by atoms with E-state index >= 15 is 0 Å². The number of unbranched alkanes of at least 4 members (excludes halogenated alkanes) is 1. The Bertz CT molecular complexity index is 1110. The van der Waals surface area contributed by atoms with Crippen molar-refractivity contribution in [1.29, 1.82) is 0 Å². The Morgan fingerprint density at radius 3 is 2.77 bits per heavy atom. The number of aryl methyl sites for hydroxylation is 1. The second-order valence-corrected chi connectivity index (χ2v) is 7.45. The summed E-state index contributed by atoms with van der Waals surface area (Å²) in [6, 6.07) is 4.05. The summed E-state index contributed by atoms with van der Waals surface area (Å²) < 4.78 is 1.79. The van der Waals surface area contributed by atoms with Crippen LogP contribution in [0.4, 0.5) is 5.69 Å². The summed E-state index contributed by atoms with van der Waals surface area (Å²) in [7, 11) is 0. The van der Waals surface area contributed by atoms with E-state index < -0.39 is 29.7 Å². The fourth-order valence-electron chi connectivity index (χ4n) is 3.84. The largest absolute Gasteiger partial charge is 0.384 e. The van der Waals surface area contributed by atoms with Crippen molar-refractivity contribution in [3.8, 4) is 12.3 Å². The fraction of sp³-hybridized carbons (Fsp3) is 0.318. The van der Waals surface area contributed by atoms with Gasteiger partial charge in [-0.3, -0.25) is 34.1 Å². The summed E-state index contributed by atoms with van der Waals surface area (Å²) in [6.45, 7) is 1.32. The molecular weight excluding hydrogens is 398 g/mol. The summed E-state index contributed by atoms with van der Waals surface area (Å²) in [5.74, 6) is 0.487. The highest BCUT2D eigenvalue weighted by Gasteiger charge is 2.45. The predicted octanol–water partition coefficient (Wildman–Crippen LogP) is 1.16. The summed E-state index contributed by atoms with van der Waals surface area (Å²) in [6.07, 6.45) is 10.7. The number of piperidine rings is 1. The highest BCUT2D eigenvalue weighted by Crippen LogP contribution is 2.32. The number of anilines is 1. The van der Waals surface area contributed by atoms with Gasteiger partial charge in [-0.15, -0.1) is 6.42 Å². The Labute approximate surface area is 178 Å². The van der Waals surface area contributed by atoms with Crippen LogP contribution in [-0.2, 0) is 16.1 Å². The number of hydrogen-bond donors (Lipinski definition) is 2. The molecule has 2 N–H and O–H groups in total. The Morgan fingerprint density at radius 1 is 1.19 bits per heavy atom. The van der Waals surface area contributed by atoms with E-state index in [1.54, 1.807) is 29.1 Å². The molecule has 3 heterocycles. The van der Waals surface area contributed by atoms with Crippen molar-refractivity contribution in [3.63, 3.8) is 0 Å². The van der Waals surface area contributed by atoms with Gasteiger partial charge in [-0.2, -0.15) is 5.10 Å². The van der Waals surface area contributed by atoms with Crippen LogP contribution in [0.1, 0.15) is 52.0 Å². The average Bonchev–Trinajstić information content (AvgIpc) is 3.32. The molecule has 0 radical (unpaired) electrons. The first-order valence-electron chi connectivity index (χ1n) is 10.1. The molecule has 1 atom stereocenters. The molecule has 9 nitrogen and oxygen atoms in total. The minimum atomic E-state index is -0.972. The van der Waals surface area contributed by atoms with E-state index in [0.717, 1.165) is 29.8 Å². The maximum absolute atomic E-state index is 13.0. The van der Waals surface area contributed by atoms with Gasteiger partial charge in [0.2, 0.25) is 11.8 Å². The quantitative estimate of drug-likeness (QED) is 0.396. The molecule has 1 aromatic carbocycles. The number of hydrogen-bond acceptors (Lipinski definition) is 6. The Morgan fingerprint density at radius 2 is 2.03 bits per heavy atom. The van der Waals surface area contributed by atoms with E-state index in [0.29, 0.717) is 12.2 Å². The van der Waals surface area contributed by atoms with Crippen molar-refractivity contribution < 1.29 is 19.2 Å². The number of amides is 4. The molecular formula is C22H21N5O4. The van der Waals surface area contributed by atoms with Crippen molar-refractivity contribution in [3.05, 3.63) is 47.3 Å². The molecule has 1 aromatic heterocycles. The van der Waals surface area contributed by atoms with E-state index in [2.05, 4.69) is 21.7 Å². The third-order valence-electron chi connectivity index (χ3n) is 5.40. The van der Waals surface area contributed by atoms with Crippen LogP contribution in [0.2, 0.25) is 0 Å². The monoisotopic (exact) mass is 419 g/mol. The smallest absolute Gasteiger partial charge is 0.264 e. The first kappa shape index (κ1) is 20.3. The molecule has 4 amide bonds. The standard InChI is InChI=1S/C22H21N5O4/c1-2-14-12-24-26(13-14)11-4-3-10-23-16-7-5-6-15-19(16)22(31)27(21(15)30)17-8-9-18(28)25-20(17)29/h1,5-7,12-13,17,23H,3-4,8-11H2,(H,25,28,29). The molecule has 2 aromatic rings. The van der Waals surface area contributed by atoms with Gasteiger partial charge in [0.1, 0.15) is 6.04 Å². The number of rotatable bonds is 7. The molecule has 1 unspecified atom stereocenters. The summed E-state index contributed by atoms with van der Waals surface area (Å²) in [4.78, 5) is 50.4. The topological polar surface area (TPSA) is 113 Å². The van der Waals surface area contributed by atoms with Gasteiger partial charge in [-0.1, -0.05) is 12.0 Å². The number of aromatic nitrogens is 2. The van der Waals surface area contributed by atoms with E-state index in [9.17, 15) is 19.2 Å². The zero-order valence-electron chi connectivity index (χ0n) is 16.8. The lowest BCUT2D eigenvalue weighted by molar-refractivity contribution is -0.136. The van der Waals surface area contributed by atoms with Crippen LogP contribution in [0.3, 0.4) is 0 Å². The Balaban J connectivity index is 1.39.